The number of aliphatic carboxylic acids is 1. The molecule has 1 saturated heterocycles. The molecule has 0 bridgehead atoms. The van der Waals surface area contributed by atoms with Crippen LogP contribution in [0.4, 0.5) is 0 Å². The number of carbonyl (C=O) groups is 1. The number of nitrogens with one attached hydrogen (secondary N) is 1. The van der Waals surface area contributed by atoms with Crippen molar-refractivity contribution in [1.29, 1.82) is 0 Å². The van der Waals surface area contributed by atoms with Gasteiger partial charge in [0.1, 0.15) is 0 Å². The first kappa shape index (κ1) is 29.1. The molecule has 1 aliphatic heterocycles. The summed E-state index contributed by atoms with van der Waals surface area (Å²) in [4.78, 5) is 14.5. The number of aryl methyl sites for hydroxylation is 2. The van der Waals surface area contributed by atoms with E-state index < -0.39 is 12.1 Å². The number of aliphatic hydroxyl groups excluding tert-OH is 1. The summed E-state index contributed by atoms with van der Waals surface area (Å²) in [6.45, 7) is 6.78. The van der Waals surface area contributed by atoms with Crippen molar-refractivity contribution in [2.24, 2.45) is 0 Å². The smallest absolute Gasteiger partial charge is 0.303 e. The monoisotopic (exact) mass is 536 g/mol. The van der Waals surface area contributed by atoms with Gasteiger partial charge in [-0.15, -0.1) is 11.3 Å². The summed E-state index contributed by atoms with van der Waals surface area (Å²) in [5, 5.41) is 25.9. The van der Waals surface area contributed by atoms with E-state index in [2.05, 4.69) is 36.2 Å². The average Bonchev–Trinajstić information content (AvgIpc) is 3.51. The molecule has 2 heterocycles. The van der Waals surface area contributed by atoms with E-state index in [1.165, 1.54) is 24.0 Å². The van der Waals surface area contributed by atoms with Gasteiger partial charge >= 0.3 is 5.97 Å². The minimum absolute atomic E-state index is 0.108. The molecule has 8 heteroatoms. The fourth-order valence-corrected chi connectivity index (χ4v) is 6.21. The molecule has 3 rings (SSSR count). The van der Waals surface area contributed by atoms with Crippen molar-refractivity contribution in [2.45, 2.75) is 83.5 Å². The van der Waals surface area contributed by atoms with Gasteiger partial charge in [0.15, 0.2) is 0 Å². The summed E-state index contributed by atoms with van der Waals surface area (Å²) in [6, 6.07) is 8.88. The van der Waals surface area contributed by atoms with Gasteiger partial charge in [0.25, 0.3) is 0 Å². The van der Waals surface area contributed by atoms with E-state index in [9.17, 15) is 9.90 Å². The van der Waals surface area contributed by atoms with E-state index in [0.29, 0.717) is 19.0 Å². The van der Waals surface area contributed by atoms with Crippen LogP contribution < -0.4 is 5.32 Å². The Morgan fingerprint density at radius 1 is 1.31 bits per heavy atom. The molecule has 0 radical (unpaired) electrons. The van der Waals surface area contributed by atoms with E-state index in [4.69, 9.17) is 21.4 Å². The molecule has 0 amide bonds. The molecule has 200 valence electrons. The molecule has 1 aliphatic rings. The maximum Gasteiger partial charge on any atom is 0.303 e. The molecule has 0 saturated carbocycles. The molecule has 0 spiro atoms. The molecule has 1 aromatic carbocycles. The molecule has 2 aromatic rings. The first-order chi connectivity index (χ1) is 17.4. The molecule has 3 atom stereocenters. The molecule has 3 N–H and O–H groups in total. The standard InChI is InChI=1S/C28H41ClN2O4S/c1-3-6-26(28-22(12-14-36-28)9-11-27(33)34)35-18-24(32)17-30-19-31-13-5-7-23(31)16-20-8-10-25(29)21(4-2)15-20/h8,10,12,14-15,23-24,26,30,32H,3-7,9,11,13,16-19H2,1-2H3,(H,33,34)/t23-,24?,26?/m0/s1. The Morgan fingerprint density at radius 2 is 2.14 bits per heavy atom. The van der Waals surface area contributed by atoms with Crippen LogP contribution in [0.25, 0.3) is 0 Å². The Labute approximate surface area is 224 Å². The summed E-state index contributed by atoms with van der Waals surface area (Å²) in [6.07, 6.45) is 6.05. The van der Waals surface area contributed by atoms with Gasteiger partial charge in [-0.05, 0) is 79.3 Å². The molecule has 6 nitrogen and oxygen atoms in total. The van der Waals surface area contributed by atoms with Crippen molar-refractivity contribution in [3.05, 3.63) is 56.2 Å². The first-order valence-electron chi connectivity index (χ1n) is 13.2. The number of hydrogen-bond donors (Lipinski definition) is 3. The zero-order valence-electron chi connectivity index (χ0n) is 21.5. The fraction of sp³-hybridized carbons (Fsp3) is 0.607. The number of rotatable bonds is 16. The number of aliphatic hydroxyl groups is 1. The van der Waals surface area contributed by atoms with Crippen molar-refractivity contribution in [1.82, 2.24) is 10.2 Å². The number of hydrogen-bond acceptors (Lipinski definition) is 6. The van der Waals surface area contributed by atoms with E-state index in [-0.39, 0.29) is 19.1 Å². The van der Waals surface area contributed by atoms with E-state index in [1.54, 1.807) is 11.3 Å². The van der Waals surface area contributed by atoms with Crippen LogP contribution in [-0.4, -0.2) is 59.6 Å². The van der Waals surface area contributed by atoms with Gasteiger partial charge in [0, 0.05) is 35.6 Å². The lowest BCUT2D eigenvalue weighted by molar-refractivity contribution is -0.136. The minimum Gasteiger partial charge on any atom is -0.481 e. The lowest BCUT2D eigenvalue weighted by Crippen LogP contribution is -2.42. The number of nitrogens with zero attached hydrogens (tertiary/aromatic N) is 1. The van der Waals surface area contributed by atoms with Crippen LogP contribution >= 0.6 is 22.9 Å². The van der Waals surface area contributed by atoms with E-state index in [0.717, 1.165) is 54.4 Å². The highest BCUT2D eigenvalue weighted by molar-refractivity contribution is 7.10. The molecule has 36 heavy (non-hydrogen) atoms. The normalized spacial score (nSPS) is 17.9. The summed E-state index contributed by atoms with van der Waals surface area (Å²) in [7, 11) is 0. The Hall–Kier alpha value is -1.48. The second-order valence-corrected chi connectivity index (χ2v) is 11.0. The molecular weight excluding hydrogens is 496 g/mol. The molecule has 2 unspecified atom stereocenters. The third-order valence-electron chi connectivity index (χ3n) is 6.88. The molecule has 1 aromatic heterocycles. The van der Waals surface area contributed by atoms with E-state index in [1.807, 2.05) is 17.5 Å². The van der Waals surface area contributed by atoms with Crippen LogP contribution in [0.1, 0.15) is 73.6 Å². The van der Waals surface area contributed by atoms with Gasteiger partial charge in [-0.1, -0.05) is 44.0 Å². The van der Waals surface area contributed by atoms with Gasteiger partial charge < -0.3 is 20.3 Å². The highest BCUT2D eigenvalue weighted by Gasteiger charge is 2.25. The number of carboxylic acid groups (broad SMARTS) is 1. The Morgan fingerprint density at radius 3 is 2.89 bits per heavy atom. The van der Waals surface area contributed by atoms with Crippen LogP contribution in [-0.2, 0) is 28.8 Å². The van der Waals surface area contributed by atoms with Crippen molar-refractivity contribution in [3.63, 3.8) is 0 Å². The van der Waals surface area contributed by atoms with Crippen molar-refractivity contribution in [3.8, 4) is 0 Å². The van der Waals surface area contributed by atoms with E-state index >= 15 is 0 Å². The topological polar surface area (TPSA) is 82.0 Å². The summed E-state index contributed by atoms with van der Waals surface area (Å²) in [5.74, 6) is -0.791. The number of carboxylic acids is 1. The van der Waals surface area contributed by atoms with Gasteiger partial charge in [0.05, 0.1) is 18.8 Å². The van der Waals surface area contributed by atoms with Crippen LogP contribution in [0.3, 0.4) is 0 Å². The molecular formula is C28H41ClN2O4S. The van der Waals surface area contributed by atoms with Gasteiger partial charge in [-0.2, -0.15) is 0 Å². The number of likely N-dealkylation sites (tertiary alicyclic amines) is 1. The number of ether oxygens (including phenoxy) is 1. The van der Waals surface area contributed by atoms with Crippen LogP contribution in [0.2, 0.25) is 5.02 Å². The zero-order chi connectivity index (χ0) is 25.9. The van der Waals surface area contributed by atoms with Gasteiger partial charge in [-0.3, -0.25) is 9.69 Å². The number of halogens is 1. The van der Waals surface area contributed by atoms with Crippen molar-refractivity contribution >= 4 is 28.9 Å². The minimum atomic E-state index is -0.791. The maximum atomic E-state index is 11.0. The average molecular weight is 537 g/mol. The van der Waals surface area contributed by atoms with Gasteiger partial charge in [-0.25, -0.2) is 0 Å². The maximum absolute atomic E-state index is 11.0. The van der Waals surface area contributed by atoms with Crippen LogP contribution in [0.15, 0.2) is 29.6 Å². The van der Waals surface area contributed by atoms with Crippen LogP contribution in [0, 0.1) is 0 Å². The Kier molecular flexibility index (Phi) is 12.2. The highest BCUT2D eigenvalue weighted by Crippen LogP contribution is 2.32. The third-order valence-corrected chi connectivity index (χ3v) is 8.30. The quantitative estimate of drug-likeness (QED) is 0.264. The number of thiophene rings is 1. The van der Waals surface area contributed by atoms with Crippen molar-refractivity contribution in [2.75, 3.05) is 26.4 Å². The highest BCUT2D eigenvalue weighted by atomic mass is 35.5. The van der Waals surface area contributed by atoms with Gasteiger partial charge in [0.2, 0.25) is 0 Å². The Balaban J connectivity index is 1.44. The lowest BCUT2D eigenvalue weighted by atomic mass is 10.0. The summed E-state index contributed by atoms with van der Waals surface area (Å²) >= 11 is 7.90. The largest absolute Gasteiger partial charge is 0.481 e. The molecule has 0 aliphatic carbocycles. The first-order valence-corrected chi connectivity index (χ1v) is 14.5. The second kappa shape index (κ2) is 15.1. The number of benzene rings is 1. The lowest BCUT2D eigenvalue weighted by Gasteiger charge is -2.26. The predicted molar refractivity (Wildman–Crippen MR) is 147 cm³/mol. The Bertz CT molecular complexity index is 953. The zero-order valence-corrected chi connectivity index (χ0v) is 23.1. The van der Waals surface area contributed by atoms with Crippen molar-refractivity contribution < 1.29 is 19.7 Å². The summed E-state index contributed by atoms with van der Waals surface area (Å²) < 4.78 is 6.14. The summed E-state index contributed by atoms with van der Waals surface area (Å²) in [5.41, 5.74) is 3.58. The van der Waals surface area contributed by atoms with Crippen LogP contribution in [0.5, 0.6) is 0 Å². The predicted octanol–water partition coefficient (Wildman–Crippen LogP) is 5.45. The molecule has 1 fully saturated rings. The fourth-order valence-electron chi connectivity index (χ4n) is 4.92. The SMILES string of the molecule is CCCC(OCC(O)CNCN1CCC[C@H]1Cc1ccc(Cl)c(CC)c1)c1sccc1CCC(=O)O. The third kappa shape index (κ3) is 8.82. The second-order valence-electron chi connectivity index (χ2n) is 9.67.